The van der Waals surface area contributed by atoms with E-state index < -0.39 is 23.8 Å². The van der Waals surface area contributed by atoms with Crippen LogP contribution in [0.15, 0.2) is 73.2 Å². The van der Waals surface area contributed by atoms with E-state index in [2.05, 4.69) is 49.4 Å². The van der Waals surface area contributed by atoms with Gasteiger partial charge >= 0.3 is 6.18 Å². The number of nitriles is 1. The maximum absolute atomic E-state index is 13.7. The summed E-state index contributed by atoms with van der Waals surface area (Å²) < 4.78 is 42.4. The second-order valence-electron chi connectivity index (χ2n) is 13.1. The third kappa shape index (κ3) is 6.11. The summed E-state index contributed by atoms with van der Waals surface area (Å²) in [5, 5.41) is 13.2. The molecule has 0 radical (unpaired) electrons. The summed E-state index contributed by atoms with van der Waals surface area (Å²) >= 11 is 0. The van der Waals surface area contributed by atoms with Gasteiger partial charge in [0.2, 0.25) is 17.8 Å². The number of imidazole rings is 1. The maximum Gasteiger partial charge on any atom is 0.433 e. The molecule has 1 atom stereocenters. The van der Waals surface area contributed by atoms with Gasteiger partial charge in [0, 0.05) is 62.4 Å². The molecular formula is C37H30F3N9O3. The first kappa shape index (κ1) is 33.0. The zero-order chi connectivity index (χ0) is 36.1. The van der Waals surface area contributed by atoms with Crippen LogP contribution in [0.3, 0.4) is 0 Å². The highest BCUT2D eigenvalue weighted by molar-refractivity contribution is 6.27. The van der Waals surface area contributed by atoms with Crippen LogP contribution in [0.4, 0.5) is 24.7 Å². The van der Waals surface area contributed by atoms with E-state index >= 15 is 0 Å². The van der Waals surface area contributed by atoms with Gasteiger partial charge in [-0.1, -0.05) is 42.5 Å². The predicted molar refractivity (Wildman–Crippen MR) is 183 cm³/mol. The Morgan fingerprint density at radius 3 is 2.42 bits per heavy atom. The van der Waals surface area contributed by atoms with E-state index in [1.807, 2.05) is 30.3 Å². The van der Waals surface area contributed by atoms with Gasteiger partial charge in [-0.25, -0.2) is 9.97 Å². The smallest absolute Gasteiger partial charge is 0.354 e. The Balaban J connectivity index is 0.935. The first-order chi connectivity index (χ1) is 25.1. The number of carbonyl (C=O) groups is 3. The van der Waals surface area contributed by atoms with Crippen LogP contribution in [0.2, 0.25) is 0 Å². The topological polar surface area (TPSA) is 140 Å². The SMILES string of the molecule is N#Cc1cn(-c2nc(N3CCN(Cc4ccc(Cc5ccc6c7c(cccc57)C(=O)N6C5CCC(=O)NC5=O)cc4)CC3)cc(C(F)(F)F)n2)cn1. The fourth-order valence-corrected chi connectivity index (χ4v) is 7.17. The van der Waals surface area contributed by atoms with Crippen molar-refractivity contribution < 1.29 is 27.6 Å². The second-order valence-corrected chi connectivity index (χ2v) is 13.1. The maximum atomic E-state index is 13.7. The number of anilines is 2. The van der Waals surface area contributed by atoms with Gasteiger partial charge in [0.25, 0.3) is 5.91 Å². The van der Waals surface area contributed by atoms with Gasteiger partial charge in [-0.2, -0.15) is 23.4 Å². The van der Waals surface area contributed by atoms with Crippen LogP contribution in [0.25, 0.3) is 16.7 Å². The number of imide groups is 1. The van der Waals surface area contributed by atoms with Crippen LogP contribution in [0.1, 0.15) is 51.3 Å². The molecule has 52 heavy (non-hydrogen) atoms. The number of nitrogens with zero attached hydrogens (tertiary/aromatic N) is 8. The lowest BCUT2D eigenvalue weighted by Crippen LogP contribution is -2.53. The van der Waals surface area contributed by atoms with E-state index in [1.165, 1.54) is 22.0 Å². The molecule has 0 spiro atoms. The highest BCUT2D eigenvalue weighted by Gasteiger charge is 2.41. The zero-order valence-corrected chi connectivity index (χ0v) is 27.6. The highest BCUT2D eigenvalue weighted by atomic mass is 19.4. The Labute approximate surface area is 295 Å². The van der Waals surface area contributed by atoms with Gasteiger partial charge in [-0.05, 0) is 47.1 Å². The minimum atomic E-state index is -4.68. The van der Waals surface area contributed by atoms with E-state index in [0.717, 1.165) is 33.5 Å². The Bertz CT molecular complexity index is 2290. The van der Waals surface area contributed by atoms with E-state index in [4.69, 9.17) is 5.26 Å². The highest BCUT2D eigenvalue weighted by Crippen LogP contribution is 2.41. The van der Waals surface area contributed by atoms with Crippen LogP contribution in [-0.4, -0.2) is 74.4 Å². The number of piperazine rings is 1. The van der Waals surface area contributed by atoms with Gasteiger partial charge in [-0.15, -0.1) is 0 Å². The van der Waals surface area contributed by atoms with Crippen molar-refractivity contribution in [2.45, 2.75) is 38.0 Å². The summed E-state index contributed by atoms with van der Waals surface area (Å²) in [6, 6.07) is 19.8. The molecular weight excluding hydrogens is 675 g/mol. The molecule has 3 aliphatic rings. The van der Waals surface area contributed by atoms with Crippen molar-refractivity contribution in [3.8, 4) is 12.0 Å². The number of piperidine rings is 1. The lowest BCUT2D eigenvalue weighted by Gasteiger charge is -2.35. The van der Waals surface area contributed by atoms with Crippen molar-refractivity contribution >= 4 is 40.0 Å². The Kier molecular flexibility index (Phi) is 8.18. The summed E-state index contributed by atoms with van der Waals surface area (Å²) in [6.45, 7) is 2.83. The number of rotatable bonds is 7. The van der Waals surface area contributed by atoms with E-state index in [0.29, 0.717) is 50.4 Å². The van der Waals surface area contributed by atoms with Crippen molar-refractivity contribution in [3.63, 3.8) is 0 Å². The van der Waals surface area contributed by atoms with Crippen molar-refractivity contribution in [1.29, 1.82) is 5.26 Å². The number of aromatic nitrogens is 4. The molecule has 1 unspecified atom stereocenters. The van der Waals surface area contributed by atoms with Crippen molar-refractivity contribution in [1.82, 2.24) is 29.7 Å². The fourth-order valence-electron chi connectivity index (χ4n) is 7.17. The summed E-state index contributed by atoms with van der Waals surface area (Å²) in [5.41, 5.74) is 3.42. The Morgan fingerprint density at radius 2 is 1.71 bits per heavy atom. The van der Waals surface area contributed by atoms with Gasteiger partial charge in [0.05, 0.1) is 5.69 Å². The standard InChI is InChI=1S/C37H30F3N9O3/c38-37(39,40)30-17-31(44-36(43-30)48-20-25(18-41)42-21-48)47-14-12-46(13-15-47)19-23-6-4-22(5-7-23)16-24-8-9-28-33-26(24)2-1-3-27(33)35(52)49(28)29-10-11-32(50)45-34(29)51/h1-9,17,20-21,29H,10-16,19H2,(H,45,50,51). The molecule has 15 heteroatoms. The molecule has 3 aliphatic heterocycles. The molecule has 0 saturated carbocycles. The minimum Gasteiger partial charge on any atom is -0.354 e. The summed E-state index contributed by atoms with van der Waals surface area (Å²) in [5.74, 6) is -1.08. The molecule has 12 nitrogen and oxygen atoms in total. The molecule has 3 aromatic carbocycles. The van der Waals surface area contributed by atoms with Gasteiger partial charge in [0.1, 0.15) is 24.3 Å². The van der Waals surface area contributed by atoms with Crippen LogP contribution in [-0.2, 0) is 28.7 Å². The summed E-state index contributed by atoms with van der Waals surface area (Å²) in [7, 11) is 0. The lowest BCUT2D eigenvalue weighted by molar-refractivity contribution is -0.141. The molecule has 1 N–H and O–H groups in total. The van der Waals surface area contributed by atoms with Gasteiger partial charge in [-0.3, -0.25) is 34.1 Å². The first-order valence-electron chi connectivity index (χ1n) is 16.7. The van der Waals surface area contributed by atoms with Crippen LogP contribution >= 0.6 is 0 Å². The quantitative estimate of drug-likeness (QED) is 0.244. The zero-order valence-electron chi connectivity index (χ0n) is 27.6. The Hall–Kier alpha value is -6.14. The minimum absolute atomic E-state index is 0.0446. The van der Waals surface area contributed by atoms with Crippen LogP contribution < -0.4 is 15.1 Å². The predicted octanol–water partition coefficient (Wildman–Crippen LogP) is 4.38. The molecule has 262 valence electrons. The van der Waals surface area contributed by atoms with Gasteiger partial charge < -0.3 is 4.90 Å². The number of benzene rings is 3. The molecule has 5 aromatic rings. The Morgan fingerprint density at radius 1 is 0.942 bits per heavy atom. The largest absolute Gasteiger partial charge is 0.433 e. The molecule has 2 saturated heterocycles. The number of halogens is 3. The number of alkyl halides is 3. The number of carbonyl (C=O) groups excluding carboxylic acids is 3. The van der Waals surface area contributed by atoms with Crippen molar-refractivity contribution in [2.75, 3.05) is 36.0 Å². The molecule has 0 aliphatic carbocycles. The van der Waals surface area contributed by atoms with Crippen molar-refractivity contribution in [2.24, 2.45) is 0 Å². The van der Waals surface area contributed by atoms with Crippen LogP contribution in [0, 0.1) is 11.3 Å². The van der Waals surface area contributed by atoms with Crippen molar-refractivity contribution in [3.05, 3.63) is 107 Å². The normalized spacial score (nSPS) is 17.9. The third-order valence-electron chi connectivity index (χ3n) is 9.78. The van der Waals surface area contributed by atoms with E-state index in [1.54, 1.807) is 11.0 Å². The number of hydrogen-bond donors (Lipinski definition) is 1. The molecule has 5 heterocycles. The average Bonchev–Trinajstić information content (AvgIpc) is 3.74. The molecule has 2 aromatic heterocycles. The third-order valence-corrected chi connectivity index (χ3v) is 9.78. The van der Waals surface area contributed by atoms with Crippen LogP contribution in [0.5, 0.6) is 0 Å². The summed E-state index contributed by atoms with van der Waals surface area (Å²) in [4.78, 5) is 55.4. The molecule has 0 bridgehead atoms. The number of amides is 3. The fraction of sp³-hybridized carbons (Fsp3) is 0.270. The van der Waals surface area contributed by atoms with E-state index in [-0.39, 0.29) is 42.1 Å². The molecule has 3 amide bonds. The molecule has 8 rings (SSSR count). The number of hydrogen-bond acceptors (Lipinski definition) is 9. The molecule has 2 fully saturated rings. The van der Waals surface area contributed by atoms with Gasteiger partial charge in [0.15, 0.2) is 11.4 Å². The monoisotopic (exact) mass is 705 g/mol. The first-order valence-corrected chi connectivity index (χ1v) is 16.7. The van der Waals surface area contributed by atoms with E-state index in [9.17, 15) is 27.6 Å². The lowest BCUT2D eigenvalue weighted by atomic mass is 9.95. The number of nitrogens with one attached hydrogen (secondary N) is 1. The summed E-state index contributed by atoms with van der Waals surface area (Å²) in [6.07, 6.45) is -1.08. The second kappa shape index (κ2) is 12.9. The average molecular weight is 706 g/mol.